The molecule has 0 aliphatic carbocycles. The summed E-state index contributed by atoms with van der Waals surface area (Å²) in [7, 11) is 0. The van der Waals surface area contributed by atoms with Crippen LogP contribution in [0.25, 0.3) is 11.1 Å². The van der Waals surface area contributed by atoms with Crippen LogP contribution in [0.3, 0.4) is 0 Å². The van der Waals surface area contributed by atoms with Gasteiger partial charge in [0.25, 0.3) is 0 Å². The van der Waals surface area contributed by atoms with Crippen LogP contribution in [0.15, 0.2) is 54.6 Å². The van der Waals surface area contributed by atoms with Gasteiger partial charge in [0.2, 0.25) is 0 Å². The molecule has 0 aliphatic heterocycles. The van der Waals surface area contributed by atoms with Crippen molar-refractivity contribution in [2.24, 2.45) is 0 Å². The SMILES string of the molecule is Cc1cc(OC(C)C)cc(C)c1-c1cccc(COc2ccc(OCC(=O)O)c(F)c2)c1. The fourth-order valence-corrected chi connectivity index (χ4v) is 3.53. The lowest BCUT2D eigenvalue weighted by atomic mass is 9.94. The summed E-state index contributed by atoms with van der Waals surface area (Å²) in [5.74, 6) is -0.781. The molecule has 0 saturated carbocycles. The second-order valence-corrected chi connectivity index (χ2v) is 7.86. The number of aliphatic carboxylic acids is 1. The molecule has 5 nitrogen and oxygen atoms in total. The Morgan fingerprint density at radius 3 is 2.31 bits per heavy atom. The number of ether oxygens (including phenoxy) is 3. The highest BCUT2D eigenvalue weighted by Gasteiger charge is 2.11. The maximum absolute atomic E-state index is 14.1. The Balaban J connectivity index is 1.73. The standard InChI is InChI=1S/C26H27FO5/c1-16(2)32-22-10-17(3)26(18(4)11-22)20-7-5-6-19(12-20)14-30-21-8-9-24(23(27)13-21)31-15-25(28)29/h5-13,16H,14-15H2,1-4H3,(H,28,29). The number of hydrogen-bond acceptors (Lipinski definition) is 4. The molecule has 0 saturated heterocycles. The van der Waals surface area contributed by atoms with E-state index in [1.54, 1.807) is 6.07 Å². The quantitative estimate of drug-likeness (QED) is 0.448. The molecule has 0 radical (unpaired) electrons. The smallest absolute Gasteiger partial charge is 0.341 e. The lowest BCUT2D eigenvalue weighted by molar-refractivity contribution is -0.139. The van der Waals surface area contributed by atoms with Gasteiger partial charge >= 0.3 is 5.97 Å². The summed E-state index contributed by atoms with van der Waals surface area (Å²) in [6.45, 7) is 7.79. The molecule has 3 rings (SSSR count). The fourth-order valence-electron chi connectivity index (χ4n) is 3.53. The predicted octanol–water partition coefficient (Wildman–Crippen LogP) is 5.94. The van der Waals surface area contributed by atoms with Crippen LogP contribution in [0, 0.1) is 19.7 Å². The lowest BCUT2D eigenvalue weighted by Crippen LogP contribution is -2.10. The van der Waals surface area contributed by atoms with E-state index in [2.05, 4.69) is 26.0 Å². The molecular formula is C26H27FO5. The van der Waals surface area contributed by atoms with Crippen LogP contribution in [0.4, 0.5) is 4.39 Å². The number of halogens is 1. The molecule has 32 heavy (non-hydrogen) atoms. The van der Waals surface area contributed by atoms with E-state index in [0.717, 1.165) is 33.6 Å². The fraction of sp³-hybridized carbons (Fsp3) is 0.269. The van der Waals surface area contributed by atoms with Gasteiger partial charge < -0.3 is 19.3 Å². The van der Waals surface area contributed by atoms with Crippen LogP contribution >= 0.6 is 0 Å². The molecule has 0 aliphatic rings. The van der Waals surface area contributed by atoms with E-state index in [9.17, 15) is 9.18 Å². The van der Waals surface area contributed by atoms with Gasteiger partial charge in [0, 0.05) is 6.07 Å². The average molecular weight is 438 g/mol. The first-order chi connectivity index (χ1) is 15.2. The summed E-state index contributed by atoms with van der Waals surface area (Å²) in [6.07, 6.45) is 0.114. The molecule has 6 heteroatoms. The summed E-state index contributed by atoms with van der Waals surface area (Å²) in [4.78, 5) is 10.6. The van der Waals surface area contributed by atoms with E-state index < -0.39 is 18.4 Å². The zero-order valence-electron chi connectivity index (χ0n) is 18.6. The molecule has 0 bridgehead atoms. The zero-order chi connectivity index (χ0) is 23.3. The van der Waals surface area contributed by atoms with Crippen molar-refractivity contribution in [3.05, 3.63) is 77.1 Å². The van der Waals surface area contributed by atoms with Crippen molar-refractivity contribution < 1.29 is 28.5 Å². The Kier molecular flexibility index (Phi) is 7.36. The first-order valence-corrected chi connectivity index (χ1v) is 10.4. The van der Waals surface area contributed by atoms with E-state index in [0.29, 0.717) is 5.75 Å². The molecule has 3 aromatic rings. The second-order valence-electron chi connectivity index (χ2n) is 7.86. The first-order valence-electron chi connectivity index (χ1n) is 10.4. The summed E-state index contributed by atoms with van der Waals surface area (Å²) in [6, 6.07) is 16.2. The molecule has 168 valence electrons. The molecule has 0 spiro atoms. The Morgan fingerprint density at radius 1 is 0.969 bits per heavy atom. The number of carboxylic acid groups (broad SMARTS) is 1. The number of hydrogen-bond donors (Lipinski definition) is 1. The Morgan fingerprint density at radius 2 is 1.69 bits per heavy atom. The summed E-state index contributed by atoms with van der Waals surface area (Å²) >= 11 is 0. The van der Waals surface area contributed by atoms with Crippen molar-refractivity contribution in [1.29, 1.82) is 0 Å². The number of rotatable bonds is 9. The van der Waals surface area contributed by atoms with Gasteiger partial charge in [-0.3, -0.25) is 0 Å². The maximum Gasteiger partial charge on any atom is 0.341 e. The van der Waals surface area contributed by atoms with Crippen molar-refractivity contribution in [2.45, 2.75) is 40.4 Å². The van der Waals surface area contributed by atoms with Gasteiger partial charge in [0.1, 0.15) is 18.1 Å². The van der Waals surface area contributed by atoms with Gasteiger partial charge in [-0.1, -0.05) is 18.2 Å². The highest BCUT2D eigenvalue weighted by atomic mass is 19.1. The van der Waals surface area contributed by atoms with Crippen molar-refractivity contribution >= 4 is 5.97 Å². The third kappa shape index (κ3) is 6.00. The normalized spacial score (nSPS) is 10.8. The van der Waals surface area contributed by atoms with Crippen molar-refractivity contribution in [3.63, 3.8) is 0 Å². The molecular weight excluding hydrogens is 411 g/mol. The minimum absolute atomic E-state index is 0.114. The van der Waals surface area contributed by atoms with Gasteiger partial charge in [-0.15, -0.1) is 0 Å². The lowest BCUT2D eigenvalue weighted by Gasteiger charge is -2.16. The Bertz CT molecular complexity index is 1080. The van der Waals surface area contributed by atoms with Crippen LogP contribution in [0.5, 0.6) is 17.2 Å². The van der Waals surface area contributed by atoms with Crippen LogP contribution < -0.4 is 14.2 Å². The molecule has 0 aromatic heterocycles. The summed E-state index contributed by atoms with van der Waals surface area (Å²) < 4.78 is 30.6. The highest BCUT2D eigenvalue weighted by molar-refractivity contribution is 5.72. The Hall–Kier alpha value is -3.54. The van der Waals surface area contributed by atoms with Gasteiger partial charge in [0.15, 0.2) is 18.2 Å². The number of benzene rings is 3. The predicted molar refractivity (Wildman–Crippen MR) is 121 cm³/mol. The topological polar surface area (TPSA) is 65.0 Å². The summed E-state index contributed by atoms with van der Waals surface area (Å²) in [5.41, 5.74) is 5.40. The maximum atomic E-state index is 14.1. The third-order valence-electron chi connectivity index (χ3n) is 4.75. The van der Waals surface area contributed by atoms with Crippen molar-refractivity contribution in [2.75, 3.05) is 6.61 Å². The van der Waals surface area contributed by atoms with E-state index in [4.69, 9.17) is 19.3 Å². The molecule has 0 heterocycles. The number of aryl methyl sites for hydroxylation is 2. The largest absolute Gasteiger partial charge is 0.491 e. The molecule has 3 aromatic carbocycles. The van der Waals surface area contributed by atoms with Gasteiger partial charge in [-0.2, -0.15) is 0 Å². The van der Waals surface area contributed by atoms with Gasteiger partial charge in [-0.05, 0) is 85.8 Å². The van der Waals surface area contributed by atoms with E-state index in [-0.39, 0.29) is 18.5 Å². The minimum atomic E-state index is -1.17. The molecule has 0 unspecified atom stereocenters. The van der Waals surface area contributed by atoms with E-state index in [1.165, 1.54) is 12.1 Å². The van der Waals surface area contributed by atoms with Gasteiger partial charge in [-0.25, -0.2) is 9.18 Å². The van der Waals surface area contributed by atoms with E-state index in [1.807, 2.05) is 38.1 Å². The number of carbonyl (C=O) groups is 1. The van der Waals surface area contributed by atoms with Crippen LogP contribution in [-0.4, -0.2) is 23.8 Å². The minimum Gasteiger partial charge on any atom is -0.491 e. The van der Waals surface area contributed by atoms with Crippen molar-refractivity contribution in [3.8, 4) is 28.4 Å². The summed E-state index contributed by atoms with van der Waals surface area (Å²) in [5, 5.41) is 8.64. The molecule has 0 amide bonds. The monoisotopic (exact) mass is 438 g/mol. The molecule has 1 N–H and O–H groups in total. The first kappa shape index (κ1) is 23.1. The Labute approximate surface area is 187 Å². The van der Waals surface area contributed by atoms with E-state index >= 15 is 0 Å². The molecule has 0 atom stereocenters. The second kappa shape index (κ2) is 10.2. The highest BCUT2D eigenvalue weighted by Crippen LogP contribution is 2.32. The zero-order valence-corrected chi connectivity index (χ0v) is 18.6. The van der Waals surface area contributed by atoms with Crippen LogP contribution in [-0.2, 0) is 11.4 Å². The van der Waals surface area contributed by atoms with Crippen LogP contribution in [0.2, 0.25) is 0 Å². The number of carboxylic acids is 1. The third-order valence-corrected chi connectivity index (χ3v) is 4.75. The van der Waals surface area contributed by atoms with Gasteiger partial charge in [0.05, 0.1) is 6.10 Å². The molecule has 0 fully saturated rings. The average Bonchev–Trinajstić information content (AvgIpc) is 2.71. The van der Waals surface area contributed by atoms with Crippen LogP contribution in [0.1, 0.15) is 30.5 Å². The van der Waals surface area contributed by atoms with Crippen molar-refractivity contribution in [1.82, 2.24) is 0 Å².